The van der Waals surface area contributed by atoms with Gasteiger partial charge in [-0.2, -0.15) is 0 Å². The fourth-order valence-corrected chi connectivity index (χ4v) is 1.99. The lowest BCUT2D eigenvalue weighted by molar-refractivity contribution is 0.0697. The van der Waals surface area contributed by atoms with Gasteiger partial charge >= 0.3 is 5.97 Å². The molecule has 1 heterocycles. The highest BCUT2D eigenvalue weighted by atomic mass is 16.5. The van der Waals surface area contributed by atoms with E-state index in [1.165, 1.54) is 12.1 Å². The Labute approximate surface area is 120 Å². The lowest BCUT2D eigenvalue weighted by Gasteiger charge is -2.03. The van der Waals surface area contributed by atoms with Crippen LogP contribution in [0.5, 0.6) is 5.75 Å². The second kappa shape index (κ2) is 5.66. The normalized spacial score (nSPS) is 10.7. The summed E-state index contributed by atoms with van der Waals surface area (Å²) in [7, 11) is 0. The number of rotatable bonds is 5. The van der Waals surface area contributed by atoms with Crippen molar-refractivity contribution in [3.05, 3.63) is 60.0 Å². The molecular formula is C16H13NO4. The molecule has 0 atom stereocenters. The average molecular weight is 283 g/mol. The molecule has 3 aromatic rings. The van der Waals surface area contributed by atoms with Crippen molar-refractivity contribution >= 4 is 17.1 Å². The van der Waals surface area contributed by atoms with E-state index in [0.717, 1.165) is 5.75 Å². The lowest BCUT2D eigenvalue weighted by Crippen LogP contribution is -2.01. The topological polar surface area (TPSA) is 72.6 Å². The number of carboxylic acids is 1. The van der Waals surface area contributed by atoms with Crippen LogP contribution in [0.3, 0.4) is 0 Å². The fourth-order valence-electron chi connectivity index (χ4n) is 1.99. The zero-order chi connectivity index (χ0) is 14.7. The largest absolute Gasteiger partial charge is 0.493 e. The molecule has 106 valence electrons. The molecule has 0 aliphatic heterocycles. The monoisotopic (exact) mass is 283 g/mol. The molecule has 0 radical (unpaired) electrons. The van der Waals surface area contributed by atoms with Crippen molar-refractivity contribution in [2.75, 3.05) is 6.61 Å². The first-order chi connectivity index (χ1) is 10.2. The highest BCUT2D eigenvalue weighted by molar-refractivity contribution is 5.91. The number of carbonyl (C=O) groups is 1. The fraction of sp³-hybridized carbons (Fsp3) is 0.125. The minimum Gasteiger partial charge on any atom is -0.493 e. The van der Waals surface area contributed by atoms with Gasteiger partial charge in [0.05, 0.1) is 18.6 Å². The maximum absolute atomic E-state index is 10.9. The molecular weight excluding hydrogens is 270 g/mol. The maximum atomic E-state index is 10.9. The first-order valence-electron chi connectivity index (χ1n) is 6.53. The molecule has 0 unspecified atom stereocenters. The van der Waals surface area contributed by atoms with Crippen LogP contribution in [0, 0.1) is 0 Å². The third kappa shape index (κ3) is 3.02. The van der Waals surface area contributed by atoms with E-state index >= 15 is 0 Å². The number of aromatic nitrogens is 1. The van der Waals surface area contributed by atoms with Crippen molar-refractivity contribution in [1.82, 2.24) is 4.98 Å². The minimum absolute atomic E-state index is 0.186. The number of hydrogen-bond acceptors (Lipinski definition) is 4. The highest BCUT2D eigenvalue weighted by Gasteiger charge is 2.09. The van der Waals surface area contributed by atoms with Gasteiger partial charge in [-0.15, -0.1) is 0 Å². The Morgan fingerprint density at radius 1 is 1.19 bits per heavy atom. The second-order valence-corrected chi connectivity index (χ2v) is 4.51. The summed E-state index contributed by atoms with van der Waals surface area (Å²) in [5.41, 5.74) is 1.31. The summed E-state index contributed by atoms with van der Waals surface area (Å²) >= 11 is 0. The Balaban J connectivity index is 1.68. The van der Waals surface area contributed by atoms with E-state index < -0.39 is 5.97 Å². The predicted octanol–water partition coefficient (Wildman–Crippen LogP) is 3.15. The molecule has 0 fully saturated rings. The third-order valence-corrected chi connectivity index (χ3v) is 3.01. The predicted molar refractivity (Wildman–Crippen MR) is 76.6 cm³/mol. The van der Waals surface area contributed by atoms with Crippen LogP contribution in [0.15, 0.2) is 52.9 Å². The van der Waals surface area contributed by atoms with Gasteiger partial charge in [-0.25, -0.2) is 9.78 Å². The van der Waals surface area contributed by atoms with Crippen LogP contribution in [-0.4, -0.2) is 22.7 Å². The maximum Gasteiger partial charge on any atom is 0.335 e. The first kappa shape index (κ1) is 13.2. The number of para-hydroxylation sites is 1. The molecule has 3 rings (SSSR count). The van der Waals surface area contributed by atoms with Gasteiger partial charge in [0.25, 0.3) is 0 Å². The molecule has 1 N–H and O–H groups in total. The lowest BCUT2D eigenvalue weighted by atomic mass is 10.2. The van der Waals surface area contributed by atoms with E-state index in [-0.39, 0.29) is 5.56 Å². The molecule has 2 aromatic carbocycles. The van der Waals surface area contributed by atoms with Gasteiger partial charge in [-0.1, -0.05) is 18.2 Å². The summed E-state index contributed by atoms with van der Waals surface area (Å²) in [6, 6.07) is 14.1. The van der Waals surface area contributed by atoms with Gasteiger partial charge in [0.15, 0.2) is 11.5 Å². The first-order valence-corrected chi connectivity index (χ1v) is 6.53. The number of benzene rings is 2. The number of nitrogens with zero attached hydrogens (tertiary/aromatic N) is 1. The summed E-state index contributed by atoms with van der Waals surface area (Å²) in [4.78, 5) is 15.2. The Bertz CT molecular complexity index is 764. The van der Waals surface area contributed by atoms with E-state index in [1.54, 1.807) is 6.07 Å². The van der Waals surface area contributed by atoms with Crippen molar-refractivity contribution < 1.29 is 19.1 Å². The number of ether oxygens (including phenoxy) is 1. The van der Waals surface area contributed by atoms with Crippen molar-refractivity contribution in [2.45, 2.75) is 6.42 Å². The second-order valence-electron chi connectivity index (χ2n) is 4.51. The Kier molecular flexibility index (Phi) is 3.55. The molecule has 1 aromatic heterocycles. The molecule has 0 amide bonds. The van der Waals surface area contributed by atoms with E-state index in [4.69, 9.17) is 14.3 Å². The van der Waals surface area contributed by atoms with Gasteiger partial charge in [-0.3, -0.25) is 0 Å². The summed E-state index contributed by atoms with van der Waals surface area (Å²) in [6.07, 6.45) is 0.520. The Hall–Kier alpha value is -2.82. The summed E-state index contributed by atoms with van der Waals surface area (Å²) in [5, 5.41) is 8.94. The van der Waals surface area contributed by atoms with Gasteiger partial charge < -0.3 is 14.3 Å². The summed E-state index contributed by atoms with van der Waals surface area (Å²) < 4.78 is 11.1. The molecule has 0 aliphatic carbocycles. The van der Waals surface area contributed by atoms with E-state index in [2.05, 4.69) is 4.98 Å². The van der Waals surface area contributed by atoms with Gasteiger partial charge in [0.2, 0.25) is 0 Å². The molecule has 0 aliphatic rings. The van der Waals surface area contributed by atoms with Crippen LogP contribution >= 0.6 is 0 Å². The number of carboxylic acid groups (broad SMARTS) is 1. The zero-order valence-electron chi connectivity index (χ0n) is 11.2. The van der Waals surface area contributed by atoms with E-state index in [0.29, 0.717) is 30.0 Å². The number of hydrogen-bond donors (Lipinski definition) is 1. The summed E-state index contributed by atoms with van der Waals surface area (Å²) in [5.74, 6) is 0.340. The highest BCUT2D eigenvalue weighted by Crippen LogP contribution is 2.18. The Morgan fingerprint density at radius 2 is 2.00 bits per heavy atom. The number of fused-ring (bicyclic) bond motifs is 1. The van der Waals surface area contributed by atoms with Gasteiger partial charge in [0.1, 0.15) is 11.3 Å². The Morgan fingerprint density at radius 3 is 2.76 bits per heavy atom. The standard InChI is InChI=1S/C16H13NO4/c18-16(19)11-6-7-13-14(10-11)21-15(17-13)8-9-20-12-4-2-1-3-5-12/h1-7,10H,8-9H2,(H,18,19). The molecule has 0 saturated carbocycles. The van der Waals surface area contributed by atoms with Crippen LogP contribution in [0.4, 0.5) is 0 Å². The molecule has 0 bridgehead atoms. The molecule has 0 spiro atoms. The number of aromatic carboxylic acids is 1. The molecule has 21 heavy (non-hydrogen) atoms. The van der Waals surface area contributed by atoms with Crippen molar-refractivity contribution in [1.29, 1.82) is 0 Å². The van der Waals surface area contributed by atoms with Crippen molar-refractivity contribution in [3.63, 3.8) is 0 Å². The van der Waals surface area contributed by atoms with Gasteiger partial charge in [-0.05, 0) is 30.3 Å². The minimum atomic E-state index is -0.984. The molecule has 5 nitrogen and oxygen atoms in total. The van der Waals surface area contributed by atoms with Crippen LogP contribution < -0.4 is 4.74 Å². The van der Waals surface area contributed by atoms with Crippen molar-refractivity contribution in [2.24, 2.45) is 0 Å². The SMILES string of the molecule is O=C(O)c1ccc2nc(CCOc3ccccc3)oc2c1. The zero-order valence-corrected chi connectivity index (χ0v) is 11.2. The smallest absolute Gasteiger partial charge is 0.335 e. The van der Waals surface area contributed by atoms with E-state index in [1.807, 2.05) is 30.3 Å². The van der Waals surface area contributed by atoms with Crippen LogP contribution in [0.25, 0.3) is 11.1 Å². The van der Waals surface area contributed by atoms with Gasteiger partial charge in [0, 0.05) is 0 Å². The van der Waals surface area contributed by atoms with Crippen LogP contribution in [-0.2, 0) is 6.42 Å². The molecule has 5 heteroatoms. The number of oxazole rings is 1. The van der Waals surface area contributed by atoms with Crippen LogP contribution in [0.2, 0.25) is 0 Å². The third-order valence-electron chi connectivity index (χ3n) is 3.01. The average Bonchev–Trinajstić information content (AvgIpc) is 2.90. The van der Waals surface area contributed by atoms with Crippen molar-refractivity contribution in [3.8, 4) is 5.75 Å². The van der Waals surface area contributed by atoms with Crippen LogP contribution in [0.1, 0.15) is 16.2 Å². The quantitative estimate of drug-likeness (QED) is 0.778. The molecule has 0 saturated heterocycles. The summed E-state index contributed by atoms with van der Waals surface area (Å²) in [6.45, 7) is 0.447. The van der Waals surface area contributed by atoms with E-state index in [9.17, 15) is 4.79 Å².